The van der Waals surface area contributed by atoms with Crippen LogP contribution in [0.3, 0.4) is 0 Å². The molecule has 1 amide bonds. The molecule has 1 aliphatic rings. The molecule has 2 unspecified atom stereocenters. The maximum Gasteiger partial charge on any atom is 0.227 e. The van der Waals surface area contributed by atoms with Gasteiger partial charge in [0.05, 0.1) is 5.92 Å². The van der Waals surface area contributed by atoms with Gasteiger partial charge < -0.3 is 10.6 Å². The summed E-state index contributed by atoms with van der Waals surface area (Å²) in [4.78, 5) is 14.1. The van der Waals surface area contributed by atoms with Crippen LogP contribution < -0.4 is 5.73 Å². The maximum absolute atomic E-state index is 12.2. The standard InChI is InChI=1S/C11H22N2OS/c1-8(2)10(6-12)11(14)13-4-5-15-9(3)7-13/h8-10H,4-7,12H2,1-3H3. The first kappa shape index (κ1) is 12.8. The van der Waals surface area contributed by atoms with Gasteiger partial charge in [-0.15, -0.1) is 0 Å². The predicted molar refractivity (Wildman–Crippen MR) is 65.9 cm³/mol. The first-order valence-corrected chi connectivity index (χ1v) is 6.71. The molecule has 1 saturated heterocycles. The van der Waals surface area contributed by atoms with Gasteiger partial charge in [0.15, 0.2) is 0 Å². The quantitative estimate of drug-likeness (QED) is 0.792. The van der Waals surface area contributed by atoms with Crippen molar-refractivity contribution in [3.63, 3.8) is 0 Å². The summed E-state index contributed by atoms with van der Waals surface area (Å²) in [7, 11) is 0. The van der Waals surface area contributed by atoms with E-state index in [1.807, 2.05) is 16.7 Å². The predicted octanol–water partition coefficient (Wildman–Crippen LogP) is 1.18. The summed E-state index contributed by atoms with van der Waals surface area (Å²) in [5, 5.41) is 0.563. The largest absolute Gasteiger partial charge is 0.340 e. The van der Waals surface area contributed by atoms with Crippen LogP contribution in [0.2, 0.25) is 0 Å². The fraction of sp³-hybridized carbons (Fsp3) is 0.909. The fourth-order valence-electron chi connectivity index (χ4n) is 1.91. The molecule has 0 aromatic carbocycles. The van der Waals surface area contributed by atoms with Gasteiger partial charge in [0.25, 0.3) is 0 Å². The molecule has 0 bridgehead atoms. The van der Waals surface area contributed by atoms with Gasteiger partial charge >= 0.3 is 0 Å². The average molecular weight is 230 g/mol. The number of nitrogens with two attached hydrogens (primary N) is 1. The van der Waals surface area contributed by atoms with Gasteiger partial charge in [0.2, 0.25) is 5.91 Å². The van der Waals surface area contributed by atoms with E-state index in [9.17, 15) is 4.79 Å². The Labute approximate surface area is 96.8 Å². The van der Waals surface area contributed by atoms with Gasteiger partial charge in [0.1, 0.15) is 0 Å². The van der Waals surface area contributed by atoms with Crippen molar-refractivity contribution in [2.24, 2.45) is 17.6 Å². The number of carbonyl (C=O) groups excluding carboxylic acids is 1. The average Bonchev–Trinajstić information content (AvgIpc) is 2.18. The molecule has 1 aliphatic heterocycles. The molecule has 0 aliphatic carbocycles. The van der Waals surface area contributed by atoms with E-state index in [0.717, 1.165) is 18.8 Å². The highest BCUT2D eigenvalue weighted by molar-refractivity contribution is 7.99. The minimum absolute atomic E-state index is 0.000278. The highest BCUT2D eigenvalue weighted by Gasteiger charge is 2.28. The van der Waals surface area contributed by atoms with E-state index >= 15 is 0 Å². The fourth-order valence-corrected chi connectivity index (χ4v) is 2.92. The van der Waals surface area contributed by atoms with Crippen LogP contribution in [-0.4, -0.2) is 41.4 Å². The first-order chi connectivity index (χ1) is 7.06. The topological polar surface area (TPSA) is 46.3 Å². The van der Waals surface area contributed by atoms with Crippen LogP contribution >= 0.6 is 11.8 Å². The SMILES string of the molecule is CC1CN(C(=O)C(CN)C(C)C)CCS1. The van der Waals surface area contributed by atoms with Crippen molar-refractivity contribution in [2.75, 3.05) is 25.4 Å². The Kier molecular flexibility index (Phi) is 4.93. The lowest BCUT2D eigenvalue weighted by Gasteiger charge is -2.34. The van der Waals surface area contributed by atoms with Gasteiger partial charge in [-0.1, -0.05) is 20.8 Å². The van der Waals surface area contributed by atoms with Crippen molar-refractivity contribution in [3.05, 3.63) is 0 Å². The van der Waals surface area contributed by atoms with Gasteiger partial charge in [-0.3, -0.25) is 4.79 Å². The first-order valence-electron chi connectivity index (χ1n) is 5.66. The van der Waals surface area contributed by atoms with Crippen LogP contribution in [0.15, 0.2) is 0 Å². The molecule has 3 nitrogen and oxygen atoms in total. The lowest BCUT2D eigenvalue weighted by atomic mass is 9.94. The van der Waals surface area contributed by atoms with Gasteiger partial charge in [-0.05, 0) is 5.92 Å². The molecule has 2 N–H and O–H groups in total. The Hall–Kier alpha value is -0.220. The minimum Gasteiger partial charge on any atom is -0.340 e. The second-order valence-electron chi connectivity index (χ2n) is 4.55. The summed E-state index contributed by atoms with van der Waals surface area (Å²) >= 11 is 1.94. The van der Waals surface area contributed by atoms with E-state index in [0.29, 0.717) is 17.7 Å². The molecule has 1 heterocycles. The number of rotatable bonds is 3. The number of hydrogen-bond donors (Lipinski definition) is 1. The zero-order chi connectivity index (χ0) is 11.4. The zero-order valence-electron chi connectivity index (χ0n) is 9.90. The summed E-state index contributed by atoms with van der Waals surface area (Å²) in [5.74, 6) is 1.65. The summed E-state index contributed by atoms with van der Waals surface area (Å²) in [6.45, 7) is 8.55. The number of thioether (sulfide) groups is 1. The lowest BCUT2D eigenvalue weighted by Crippen LogP contribution is -2.46. The van der Waals surface area contributed by atoms with Crippen LogP contribution in [0.5, 0.6) is 0 Å². The number of nitrogens with zero attached hydrogens (tertiary/aromatic N) is 1. The molecule has 1 fully saturated rings. The van der Waals surface area contributed by atoms with Crippen LogP contribution in [-0.2, 0) is 4.79 Å². The summed E-state index contributed by atoms with van der Waals surface area (Å²) in [6.07, 6.45) is 0. The van der Waals surface area contributed by atoms with Crippen LogP contribution in [0, 0.1) is 11.8 Å². The molecular weight excluding hydrogens is 208 g/mol. The third-order valence-electron chi connectivity index (χ3n) is 2.93. The van der Waals surface area contributed by atoms with Crippen molar-refractivity contribution in [3.8, 4) is 0 Å². The highest BCUT2D eigenvalue weighted by Crippen LogP contribution is 2.21. The van der Waals surface area contributed by atoms with Crippen LogP contribution in [0.1, 0.15) is 20.8 Å². The Morgan fingerprint density at radius 1 is 1.60 bits per heavy atom. The van der Waals surface area contributed by atoms with Gasteiger partial charge in [-0.25, -0.2) is 0 Å². The zero-order valence-corrected chi connectivity index (χ0v) is 10.7. The number of amides is 1. The van der Waals surface area contributed by atoms with E-state index in [1.54, 1.807) is 0 Å². The highest BCUT2D eigenvalue weighted by atomic mass is 32.2. The van der Waals surface area contributed by atoms with E-state index in [2.05, 4.69) is 20.8 Å². The van der Waals surface area contributed by atoms with Crippen LogP contribution in [0.25, 0.3) is 0 Å². The second kappa shape index (κ2) is 5.75. The Balaban J connectivity index is 2.57. The van der Waals surface area contributed by atoms with E-state index in [1.165, 1.54) is 0 Å². The monoisotopic (exact) mass is 230 g/mol. The smallest absolute Gasteiger partial charge is 0.227 e. The van der Waals surface area contributed by atoms with Crippen molar-refractivity contribution >= 4 is 17.7 Å². The normalized spacial score (nSPS) is 24.3. The Morgan fingerprint density at radius 3 is 2.73 bits per heavy atom. The second-order valence-corrected chi connectivity index (χ2v) is 6.10. The molecule has 2 atom stereocenters. The molecule has 0 aromatic heterocycles. The van der Waals surface area contributed by atoms with Crippen LogP contribution in [0.4, 0.5) is 0 Å². The third kappa shape index (κ3) is 3.38. The summed E-state index contributed by atoms with van der Waals surface area (Å²) in [5.41, 5.74) is 5.66. The summed E-state index contributed by atoms with van der Waals surface area (Å²) < 4.78 is 0. The molecule has 0 radical (unpaired) electrons. The molecule has 15 heavy (non-hydrogen) atoms. The molecule has 0 spiro atoms. The number of carbonyl (C=O) groups is 1. The summed E-state index contributed by atoms with van der Waals surface area (Å²) in [6, 6.07) is 0. The molecule has 1 rings (SSSR count). The lowest BCUT2D eigenvalue weighted by molar-refractivity contribution is -0.136. The minimum atomic E-state index is 0.000278. The Morgan fingerprint density at radius 2 is 2.27 bits per heavy atom. The van der Waals surface area contributed by atoms with Crippen molar-refractivity contribution in [1.82, 2.24) is 4.90 Å². The Bertz CT molecular complexity index is 221. The van der Waals surface area contributed by atoms with E-state index in [-0.39, 0.29) is 11.8 Å². The van der Waals surface area contributed by atoms with E-state index in [4.69, 9.17) is 5.73 Å². The molecule has 88 valence electrons. The van der Waals surface area contributed by atoms with E-state index < -0.39 is 0 Å². The maximum atomic E-state index is 12.2. The van der Waals surface area contributed by atoms with Crippen molar-refractivity contribution in [2.45, 2.75) is 26.0 Å². The molecule has 0 aromatic rings. The molecular formula is C11H22N2OS. The van der Waals surface area contributed by atoms with Gasteiger partial charge in [-0.2, -0.15) is 11.8 Å². The van der Waals surface area contributed by atoms with Gasteiger partial charge in [0, 0.05) is 30.6 Å². The molecule has 4 heteroatoms. The van der Waals surface area contributed by atoms with Crippen molar-refractivity contribution < 1.29 is 4.79 Å². The number of hydrogen-bond acceptors (Lipinski definition) is 3. The third-order valence-corrected chi connectivity index (χ3v) is 4.06. The van der Waals surface area contributed by atoms with Crippen molar-refractivity contribution in [1.29, 1.82) is 0 Å². The molecule has 0 saturated carbocycles.